The molecule has 0 amide bonds. The number of carbonyl (C=O) groups excluding carboxylic acids is 8. The Morgan fingerprint density at radius 3 is 0.963 bits per heavy atom. The average Bonchev–Trinajstić information content (AvgIpc) is 3.03. The highest BCUT2D eigenvalue weighted by Crippen LogP contribution is 2.15. The van der Waals surface area contributed by atoms with Gasteiger partial charge >= 0.3 is 0 Å². The molecular formula is C41H68O13. The van der Waals surface area contributed by atoms with E-state index >= 15 is 0 Å². The summed E-state index contributed by atoms with van der Waals surface area (Å²) in [7, 11) is 0. The summed E-state index contributed by atoms with van der Waals surface area (Å²) >= 11 is 0. The third-order valence-electron chi connectivity index (χ3n) is 9.15. The van der Waals surface area contributed by atoms with E-state index in [1.165, 1.54) is 6.92 Å². The quantitative estimate of drug-likeness (QED) is 0.0544. The van der Waals surface area contributed by atoms with E-state index in [2.05, 4.69) is 6.92 Å². The summed E-state index contributed by atoms with van der Waals surface area (Å²) in [6.07, 6.45) is 1.04. The minimum Gasteiger partial charge on any atom is -0.393 e. The minimum atomic E-state index is -1.14. The van der Waals surface area contributed by atoms with Crippen LogP contribution in [-0.2, 0) is 38.4 Å². The van der Waals surface area contributed by atoms with Gasteiger partial charge in [-0.1, -0.05) is 32.6 Å². The molecule has 54 heavy (non-hydrogen) atoms. The van der Waals surface area contributed by atoms with Crippen LogP contribution in [0.2, 0.25) is 0 Å². The van der Waals surface area contributed by atoms with Gasteiger partial charge in [-0.25, -0.2) is 0 Å². The minimum absolute atomic E-state index is 0.0178. The number of aliphatic hydroxyl groups excluding tert-OH is 5. The molecule has 0 fully saturated rings. The van der Waals surface area contributed by atoms with E-state index in [-0.39, 0.29) is 155 Å². The van der Waals surface area contributed by atoms with E-state index in [1.54, 1.807) is 0 Å². The zero-order valence-corrected chi connectivity index (χ0v) is 32.8. The highest BCUT2D eigenvalue weighted by atomic mass is 16.3. The van der Waals surface area contributed by atoms with Gasteiger partial charge in [-0.3, -0.25) is 33.6 Å². The number of Topliss-reactive ketones (excluding diaryl/α,β-unsaturated/α-hetero) is 8. The van der Waals surface area contributed by atoms with Gasteiger partial charge in [-0.2, -0.15) is 0 Å². The zero-order chi connectivity index (χ0) is 40.9. The highest BCUT2D eigenvalue weighted by Gasteiger charge is 2.20. The first-order valence-corrected chi connectivity index (χ1v) is 20.0. The van der Waals surface area contributed by atoms with Crippen LogP contribution in [0.15, 0.2) is 0 Å². The van der Waals surface area contributed by atoms with Crippen molar-refractivity contribution < 1.29 is 63.9 Å². The molecule has 0 aromatic carbocycles. The van der Waals surface area contributed by atoms with Gasteiger partial charge < -0.3 is 30.3 Å². The van der Waals surface area contributed by atoms with Crippen LogP contribution in [0.25, 0.3) is 0 Å². The van der Waals surface area contributed by atoms with Crippen molar-refractivity contribution in [3.8, 4) is 0 Å². The van der Waals surface area contributed by atoms with Crippen LogP contribution in [0.4, 0.5) is 0 Å². The van der Waals surface area contributed by atoms with Crippen molar-refractivity contribution in [3.05, 3.63) is 0 Å². The van der Waals surface area contributed by atoms with Gasteiger partial charge in [-0.05, 0) is 51.9 Å². The largest absolute Gasteiger partial charge is 0.393 e. The average molecular weight is 769 g/mol. The van der Waals surface area contributed by atoms with Crippen molar-refractivity contribution >= 4 is 46.3 Å². The van der Waals surface area contributed by atoms with Crippen molar-refractivity contribution in [1.29, 1.82) is 0 Å². The first kappa shape index (κ1) is 51.2. The molecule has 310 valence electrons. The number of rotatable bonds is 38. The molecule has 5 N–H and O–H groups in total. The molecule has 0 aliphatic carbocycles. The van der Waals surface area contributed by atoms with Crippen LogP contribution in [0.5, 0.6) is 0 Å². The van der Waals surface area contributed by atoms with Crippen molar-refractivity contribution in [3.63, 3.8) is 0 Å². The van der Waals surface area contributed by atoms with E-state index < -0.39 is 30.5 Å². The number of ketones is 8. The van der Waals surface area contributed by atoms with E-state index in [0.717, 1.165) is 19.3 Å². The van der Waals surface area contributed by atoms with E-state index in [1.807, 2.05) is 0 Å². The summed E-state index contributed by atoms with van der Waals surface area (Å²) < 4.78 is 0. The van der Waals surface area contributed by atoms with Gasteiger partial charge in [0, 0.05) is 96.3 Å². The van der Waals surface area contributed by atoms with Crippen LogP contribution in [0, 0.1) is 0 Å². The molecule has 0 heterocycles. The van der Waals surface area contributed by atoms with E-state index in [0.29, 0.717) is 38.5 Å². The SMILES string of the molecule is CCCCC[C@@H](O)C[C@@H](O)CC(=O)CCCC(=O)C[C@@H](O)CC(=O)CCCCCC(=O)C[C@@H](O)CC(=O)CCCC(=O)C[C@@H](O)CC(=O)CCCC(C)=O. The topological polar surface area (TPSA) is 238 Å². The molecular weight excluding hydrogens is 700 g/mol. The number of hydrogen-bond donors (Lipinski definition) is 5. The monoisotopic (exact) mass is 768 g/mol. The summed E-state index contributed by atoms with van der Waals surface area (Å²) in [5.41, 5.74) is 0. The van der Waals surface area contributed by atoms with Gasteiger partial charge in [-0.15, -0.1) is 0 Å². The maximum atomic E-state index is 12.2. The maximum Gasteiger partial charge on any atom is 0.135 e. The molecule has 0 radical (unpaired) electrons. The van der Waals surface area contributed by atoms with Crippen molar-refractivity contribution in [2.24, 2.45) is 0 Å². The Balaban J connectivity index is 4.01. The standard InChI is InChI=1S/C41H68O13/c1-3-4-6-13-30(43)21-38(51)25-34(47)17-10-18-35(48)26-39(52)22-31(44)14-7-5-8-15-32(45)23-40(53)27-36(49)19-11-20-37(50)28-41(54)24-33(46)16-9-12-29(2)42/h30,38-41,43,51-54H,3-28H2,1-2H3/t30-,38-,39+,40-,41+/m1/s1. The predicted octanol–water partition coefficient (Wildman–Crippen LogP) is 4.53. The Labute approximate surface area is 321 Å². The molecule has 0 rings (SSSR count). The lowest BCUT2D eigenvalue weighted by Gasteiger charge is -2.15. The van der Waals surface area contributed by atoms with E-state index in [9.17, 15) is 63.9 Å². The van der Waals surface area contributed by atoms with Gasteiger partial charge in [0.25, 0.3) is 0 Å². The summed E-state index contributed by atoms with van der Waals surface area (Å²) in [5.74, 6) is -1.69. The normalized spacial score (nSPS) is 14.1. The Bertz CT molecular complexity index is 1160. The molecule has 13 nitrogen and oxygen atoms in total. The van der Waals surface area contributed by atoms with Gasteiger partial charge in [0.2, 0.25) is 0 Å². The van der Waals surface area contributed by atoms with Crippen LogP contribution < -0.4 is 0 Å². The Kier molecular flexibility index (Phi) is 29.7. The summed E-state index contributed by atoms with van der Waals surface area (Å²) in [5, 5.41) is 50.3. The molecule has 0 aromatic heterocycles. The second kappa shape index (κ2) is 31.4. The molecule has 0 aliphatic heterocycles. The fraction of sp³-hybridized carbons (Fsp3) is 0.805. The first-order valence-electron chi connectivity index (χ1n) is 20.0. The van der Waals surface area contributed by atoms with Crippen molar-refractivity contribution in [2.75, 3.05) is 0 Å². The zero-order valence-electron chi connectivity index (χ0n) is 32.8. The second-order valence-electron chi connectivity index (χ2n) is 15.0. The maximum absolute atomic E-state index is 12.2. The second-order valence-corrected chi connectivity index (χ2v) is 15.0. The lowest BCUT2D eigenvalue weighted by atomic mass is 9.98. The van der Waals surface area contributed by atoms with Crippen molar-refractivity contribution in [2.45, 2.75) is 211 Å². The lowest BCUT2D eigenvalue weighted by Crippen LogP contribution is -2.21. The fourth-order valence-electron chi connectivity index (χ4n) is 6.24. The molecule has 0 saturated carbocycles. The fourth-order valence-corrected chi connectivity index (χ4v) is 6.24. The highest BCUT2D eigenvalue weighted by molar-refractivity contribution is 5.85. The van der Waals surface area contributed by atoms with Crippen LogP contribution in [0.1, 0.15) is 181 Å². The van der Waals surface area contributed by atoms with Gasteiger partial charge in [0.1, 0.15) is 46.3 Å². The predicted molar refractivity (Wildman–Crippen MR) is 201 cm³/mol. The van der Waals surface area contributed by atoms with Crippen molar-refractivity contribution in [1.82, 2.24) is 0 Å². The van der Waals surface area contributed by atoms with Crippen LogP contribution >= 0.6 is 0 Å². The Morgan fingerprint density at radius 1 is 0.352 bits per heavy atom. The summed E-state index contributed by atoms with van der Waals surface area (Å²) in [6.45, 7) is 3.49. The smallest absolute Gasteiger partial charge is 0.135 e. The third-order valence-corrected chi connectivity index (χ3v) is 9.15. The number of hydrogen-bond acceptors (Lipinski definition) is 13. The molecule has 0 spiro atoms. The van der Waals surface area contributed by atoms with Crippen LogP contribution in [0.3, 0.4) is 0 Å². The van der Waals surface area contributed by atoms with Gasteiger partial charge in [0.15, 0.2) is 0 Å². The number of carbonyl (C=O) groups is 8. The first-order chi connectivity index (χ1) is 25.5. The van der Waals surface area contributed by atoms with Gasteiger partial charge in [0.05, 0.1) is 30.5 Å². The summed E-state index contributed by atoms with van der Waals surface area (Å²) in [6, 6.07) is 0. The summed E-state index contributed by atoms with van der Waals surface area (Å²) in [4.78, 5) is 95.9. The number of unbranched alkanes of at least 4 members (excludes halogenated alkanes) is 4. The molecule has 0 unspecified atom stereocenters. The Hall–Kier alpha value is -2.84. The molecule has 0 aromatic rings. The lowest BCUT2D eigenvalue weighted by molar-refractivity contribution is -0.126. The Morgan fingerprint density at radius 2 is 0.648 bits per heavy atom. The molecule has 0 aliphatic rings. The van der Waals surface area contributed by atoms with E-state index in [4.69, 9.17) is 0 Å². The molecule has 0 bridgehead atoms. The third kappa shape index (κ3) is 31.5. The molecule has 5 atom stereocenters. The molecule has 0 saturated heterocycles. The molecule has 13 heteroatoms. The van der Waals surface area contributed by atoms with Crippen LogP contribution in [-0.4, -0.2) is 102 Å². The number of aliphatic hydroxyl groups is 5.